The molecule has 0 bridgehead atoms. The van der Waals surface area contributed by atoms with Crippen LogP contribution in [0.1, 0.15) is 38.2 Å². The quantitative estimate of drug-likeness (QED) is 0.836. The number of nitrogens with one attached hydrogen (secondary N) is 1. The van der Waals surface area contributed by atoms with Crippen molar-refractivity contribution in [1.82, 2.24) is 15.1 Å². The molecular weight excluding hydrogens is 222 g/mol. The van der Waals surface area contributed by atoms with Crippen molar-refractivity contribution in [2.45, 2.75) is 45.1 Å². The molecule has 2 fully saturated rings. The molecule has 1 aromatic rings. The lowest BCUT2D eigenvalue weighted by molar-refractivity contribution is 0.392. The van der Waals surface area contributed by atoms with E-state index in [0.29, 0.717) is 0 Å². The van der Waals surface area contributed by atoms with Crippen molar-refractivity contribution in [1.29, 1.82) is 0 Å². The molecule has 1 heterocycles. The first kappa shape index (κ1) is 12.2. The highest BCUT2D eigenvalue weighted by Gasteiger charge is 2.55. The van der Waals surface area contributed by atoms with Crippen LogP contribution in [-0.4, -0.2) is 22.4 Å². The molecule has 0 saturated heterocycles. The van der Waals surface area contributed by atoms with Gasteiger partial charge in [0.25, 0.3) is 0 Å². The number of fused-ring (bicyclic) bond motifs is 1. The molecule has 2 aliphatic rings. The van der Waals surface area contributed by atoms with E-state index >= 15 is 0 Å². The maximum atomic E-state index is 4.25. The molecule has 2 aliphatic carbocycles. The van der Waals surface area contributed by atoms with E-state index in [0.717, 1.165) is 30.3 Å². The van der Waals surface area contributed by atoms with Gasteiger partial charge in [-0.2, -0.15) is 5.10 Å². The van der Waals surface area contributed by atoms with Crippen LogP contribution in [0.2, 0.25) is 0 Å². The van der Waals surface area contributed by atoms with Gasteiger partial charge in [0.1, 0.15) is 0 Å². The molecule has 18 heavy (non-hydrogen) atoms. The molecule has 0 aromatic carbocycles. The molecule has 2 saturated carbocycles. The maximum Gasteiger partial charge on any atom is 0.0521 e. The molecule has 0 radical (unpaired) electrons. The van der Waals surface area contributed by atoms with E-state index in [1.165, 1.54) is 37.7 Å². The van der Waals surface area contributed by atoms with Crippen LogP contribution in [0.15, 0.2) is 12.4 Å². The molecule has 100 valence electrons. The smallest absolute Gasteiger partial charge is 0.0521 e. The maximum absolute atomic E-state index is 4.25. The monoisotopic (exact) mass is 247 g/mol. The number of hydrogen-bond donors (Lipinski definition) is 1. The van der Waals surface area contributed by atoms with Crippen molar-refractivity contribution < 1.29 is 0 Å². The van der Waals surface area contributed by atoms with Crippen molar-refractivity contribution >= 4 is 0 Å². The summed E-state index contributed by atoms with van der Waals surface area (Å²) in [4.78, 5) is 0. The highest BCUT2D eigenvalue weighted by Crippen LogP contribution is 2.59. The van der Waals surface area contributed by atoms with Gasteiger partial charge in [-0.25, -0.2) is 0 Å². The predicted octanol–water partition coefficient (Wildman–Crippen LogP) is 2.38. The zero-order valence-electron chi connectivity index (χ0n) is 11.6. The van der Waals surface area contributed by atoms with E-state index in [1.807, 2.05) is 17.9 Å². The summed E-state index contributed by atoms with van der Waals surface area (Å²) in [6, 6.07) is 0.741. The van der Waals surface area contributed by atoms with Gasteiger partial charge < -0.3 is 5.32 Å². The zero-order chi connectivity index (χ0) is 12.5. The van der Waals surface area contributed by atoms with E-state index in [2.05, 4.69) is 23.5 Å². The second kappa shape index (κ2) is 5.04. The molecule has 0 spiro atoms. The van der Waals surface area contributed by atoms with Crippen LogP contribution in [0.25, 0.3) is 0 Å². The third-order valence-corrected chi connectivity index (χ3v) is 4.91. The Morgan fingerprint density at radius 1 is 1.44 bits per heavy atom. The average Bonchev–Trinajstić information content (AvgIpc) is 2.74. The van der Waals surface area contributed by atoms with Crippen LogP contribution in [0, 0.1) is 17.8 Å². The summed E-state index contributed by atoms with van der Waals surface area (Å²) < 4.78 is 1.91. The van der Waals surface area contributed by atoms with E-state index in [1.54, 1.807) is 0 Å². The Morgan fingerprint density at radius 2 is 2.22 bits per heavy atom. The van der Waals surface area contributed by atoms with Crippen LogP contribution in [-0.2, 0) is 13.5 Å². The molecule has 3 unspecified atom stereocenters. The van der Waals surface area contributed by atoms with Crippen molar-refractivity contribution in [2.75, 3.05) is 6.54 Å². The lowest BCUT2D eigenvalue weighted by atomic mass is 9.98. The first-order chi connectivity index (χ1) is 8.79. The number of rotatable bonds is 6. The van der Waals surface area contributed by atoms with Crippen molar-refractivity contribution in [3.05, 3.63) is 18.0 Å². The third-order valence-electron chi connectivity index (χ3n) is 4.91. The van der Waals surface area contributed by atoms with Crippen LogP contribution < -0.4 is 5.32 Å². The Balaban J connectivity index is 1.54. The van der Waals surface area contributed by atoms with Gasteiger partial charge in [-0.1, -0.05) is 13.3 Å². The van der Waals surface area contributed by atoms with Gasteiger partial charge in [-0.15, -0.1) is 0 Å². The summed E-state index contributed by atoms with van der Waals surface area (Å²) in [6.07, 6.45) is 11.1. The van der Waals surface area contributed by atoms with Crippen molar-refractivity contribution in [3.63, 3.8) is 0 Å². The lowest BCUT2D eigenvalue weighted by Gasteiger charge is -2.19. The Morgan fingerprint density at radius 3 is 2.83 bits per heavy atom. The highest BCUT2D eigenvalue weighted by atomic mass is 15.2. The third kappa shape index (κ3) is 2.33. The molecule has 3 nitrogen and oxygen atoms in total. The van der Waals surface area contributed by atoms with Gasteiger partial charge in [-0.05, 0) is 55.5 Å². The van der Waals surface area contributed by atoms with E-state index in [4.69, 9.17) is 0 Å². The zero-order valence-corrected chi connectivity index (χ0v) is 11.6. The molecule has 1 N–H and O–H groups in total. The van der Waals surface area contributed by atoms with Crippen LogP contribution >= 0.6 is 0 Å². The fourth-order valence-electron chi connectivity index (χ4n) is 4.09. The second-order valence-electron chi connectivity index (χ2n) is 6.06. The summed E-state index contributed by atoms with van der Waals surface area (Å²) in [5.41, 5.74) is 1.38. The molecule has 1 aromatic heterocycles. The molecule has 3 heteroatoms. The first-order valence-corrected chi connectivity index (χ1v) is 7.50. The van der Waals surface area contributed by atoms with E-state index in [9.17, 15) is 0 Å². The normalized spacial score (nSPS) is 31.3. The first-order valence-electron chi connectivity index (χ1n) is 7.50. The van der Waals surface area contributed by atoms with Gasteiger partial charge in [0.15, 0.2) is 0 Å². The number of aromatic nitrogens is 2. The summed E-state index contributed by atoms with van der Waals surface area (Å²) in [5.74, 6) is 3.10. The molecular formula is C15H25N3. The summed E-state index contributed by atoms with van der Waals surface area (Å²) in [5, 5.41) is 7.98. The van der Waals surface area contributed by atoms with Gasteiger partial charge in [0, 0.05) is 19.3 Å². The van der Waals surface area contributed by atoms with E-state index in [-0.39, 0.29) is 0 Å². The van der Waals surface area contributed by atoms with Gasteiger partial charge in [0.2, 0.25) is 0 Å². The largest absolute Gasteiger partial charge is 0.314 e. The van der Waals surface area contributed by atoms with E-state index < -0.39 is 0 Å². The number of aryl methyl sites for hydroxylation is 2. The predicted molar refractivity (Wildman–Crippen MR) is 73.3 cm³/mol. The van der Waals surface area contributed by atoms with Gasteiger partial charge in [0.05, 0.1) is 6.20 Å². The van der Waals surface area contributed by atoms with Crippen molar-refractivity contribution in [3.8, 4) is 0 Å². The molecule has 3 atom stereocenters. The Labute approximate surface area is 110 Å². The van der Waals surface area contributed by atoms with Gasteiger partial charge in [-0.3, -0.25) is 4.68 Å². The SMILES string of the molecule is CCNC(CCc1cnn(C)c1)C1C2CCCC21. The topological polar surface area (TPSA) is 29.9 Å². The Bertz CT molecular complexity index is 388. The number of nitrogens with zero attached hydrogens (tertiary/aromatic N) is 2. The van der Waals surface area contributed by atoms with Crippen LogP contribution in [0.5, 0.6) is 0 Å². The summed E-state index contributed by atoms with van der Waals surface area (Å²) in [7, 11) is 2.00. The molecule has 0 amide bonds. The Kier molecular flexibility index (Phi) is 3.42. The molecule has 0 aliphatic heterocycles. The van der Waals surface area contributed by atoms with Crippen LogP contribution in [0.4, 0.5) is 0 Å². The van der Waals surface area contributed by atoms with Crippen LogP contribution in [0.3, 0.4) is 0 Å². The fourth-order valence-corrected chi connectivity index (χ4v) is 4.09. The minimum absolute atomic E-state index is 0.741. The fraction of sp³-hybridized carbons (Fsp3) is 0.800. The number of hydrogen-bond acceptors (Lipinski definition) is 2. The standard InChI is InChI=1S/C15H25N3/c1-3-16-14(15-12-5-4-6-13(12)15)8-7-11-9-17-18(2)10-11/h9-10,12-16H,3-8H2,1-2H3. The Hall–Kier alpha value is -0.830. The molecule has 3 rings (SSSR count). The lowest BCUT2D eigenvalue weighted by Crippen LogP contribution is -2.33. The summed E-state index contributed by atoms with van der Waals surface area (Å²) in [6.45, 7) is 3.34. The second-order valence-corrected chi connectivity index (χ2v) is 6.06. The average molecular weight is 247 g/mol. The highest BCUT2D eigenvalue weighted by molar-refractivity contribution is 5.09. The minimum atomic E-state index is 0.741. The summed E-state index contributed by atoms with van der Waals surface area (Å²) >= 11 is 0. The minimum Gasteiger partial charge on any atom is -0.314 e. The van der Waals surface area contributed by atoms with Crippen molar-refractivity contribution in [2.24, 2.45) is 24.8 Å². The van der Waals surface area contributed by atoms with Gasteiger partial charge >= 0.3 is 0 Å².